The van der Waals surface area contributed by atoms with Crippen molar-refractivity contribution in [2.75, 3.05) is 0 Å². The SMILES string of the molecule is CC1=Cc2c(-c3c(C)c4c(C)c(c3C(N)=O)[Si](C)(C)[Si](C)(C)[Si]4(C)C)ccc(F)c2C1. The van der Waals surface area contributed by atoms with Gasteiger partial charge in [0.1, 0.15) is 5.82 Å². The smallest absolute Gasteiger partial charge is 0.249 e. The number of amides is 1. The van der Waals surface area contributed by atoms with Gasteiger partial charge in [0.15, 0.2) is 0 Å². The van der Waals surface area contributed by atoms with E-state index in [0.717, 1.165) is 27.8 Å². The highest BCUT2D eigenvalue weighted by atomic mass is 29.6. The third-order valence-electron chi connectivity index (χ3n) is 9.04. The van der Waals surface area contributed by atoms with Gasteiger partial charge in [-0.25, -0.2) is 4.39 Å². The van der Waals surface area contributed by atoms with Gasteiger partial charge in [0.25, 0.3) is 0 Å². The van der Waals surface area contributed by atoms with Gasteiger partial charge in [-0.05, 0) is 66.3 Å². The van der Waals surface area contributed by atoms with Gasteiger partial charge in [-0.3, -0.25) is 4.79 Å². The molecule has 2 aromatic rings. The lowest BCUT2D eigenvalue weighted by atomic mass is 9.88. The molecule has 1 aliphatic heterocycles. The minimum absolute atomic E-state index is 0.164. The van der Waals surface area contributed by atoms with E-state index < -0.39 is 22.3 Å². The van der Waals surface area contributed by atoms with Crippen LogP contribution in [0.25, 0.3) is 17.2 Å². The van der Waals surface area contributed by atoms with Crippen LogP contribution in [0.2, 0.25) is 39.3 Å². The average molecular weight is 468 g/mol. The molecular weight excluding hydrogens is 434 g/mol. The first-order valence-electron chi connectivity index (χ1n) is 11.1. The minimum atomic E-state index is -1.92. The summed E-state index contributed by atoms with van der Waals surface area (Å²) in [6.45, 7) is 21.5. The summed E-state index contributed by atoms with van der Waals surface area (Å²) in [5, 5.41) is 2.79. The number of fused-ring (bicyclic) bond motifs is 3. The van der Waals surface area contributed by atoms with Crippen LogP contribution < -0.4 is 16.1 Å². The van der Waals surface area contributed by atoms with Gasteiger partial charge in [0, 0.05) is 12.7 Å². The Morgan fingerprint density at radius 1 is 0.935 bits per heavy atom. The maximum absolute atomic E-state index is 14.7. The van der Waals surface area contributed by atoms with Crippen molar-refractivity contribution in [1.82, 2.24) is 0 Å². The molecule has 0 unspecified atom stereocenters. The van der Waals surface area contributed by atoms with Crippen LogP contribution in [0.15, 0.2) is 17.7 Å². The zero-order chi connectivity index (χ0) is 23.3. The van der Waals surface area contributed by atoms with Crippen LogP contribution >= 0.6 is 0 Å². The van der Waals surface area contributed by atoms with E-state index in [4.69, 9.17) is 5.73 Å². The Bertz CT molecular complexity index is 1210. The van der Waals surface area contributed by atoms with Gasteiger partial charge in [0.2, 0.25) is 5.91 Å². The van der Waals surface area contributed by atoms with E-state index in [0.29, 0.717) is 12.0 Å². The van der Waals surface area contributed by atoms with Gasteiger partial charge < -0.3 is 5.73 Å². The summed E-state index contributed by atoms with van der Waals surface area (Å²) in [4.78, 5) is 13.1. The maximum Gasteiger partial charge on any atom is 0.249 e. The first-order chi connectivity index (χ1) is 14.2. The summed E-state index contributed by atoms with van der Waals surface area (Å²) < 4.78 is 14.7. The van der Waals surface area contributed by atoms with Crippen molar-refractivity contribution in [1.29, 1.82) is 0 Å². The highest BCUT2D eigenvalue weighted by molar-refractivity contribution is 7.74. The van der Waals surface area contributed by atoms with Crippen LogP contribution in [-0.2, 0) is 6.42 Å². The molecule has 2 aliphatic rings. The van der Waals surface area contributed by atoms with E-state index in [2.05, 4.69) is 59.2 Å². The normalized spacial score (nSPS) is 19.7. The Morgan fingerprint density at radius 2 is 1.52 bits per heavy atom. The summed E-state index contributed by atoms with van der Waals surface area (Å²) in [6.07, 6.45) is 2.72. The van der Waals surface area contributed by atoms with E-state index in [9.17, 15) is 9.18 Å². The zero-order valence-corrected chi connectivity index (χ0v) is 23.3. The molecule has 0 atom stereocenters. The number of hydrogen-bond donors (Lipinski definition) is 1. The quantitative estimate of drug-likeness (QED) is 0.629. The average Bonchev–Trinajstić information content (AvgIpc) is 3.03. The van der Waals surface area contributed by atoms with Crippen LogP contribution in [0.4, 0.5) is 4.39 Å². The minimum Gasteiger partial charge on any atom is -0.366 e. The number of hydrogen-bond acceptors (Lipinski definition) is 1. The molecule has 0 radical (unpaired) electrons. The summed E-state index contributed by atoms with van der Waals surface area (Å²) in [5.74, 6) is -0.506. The topological polar surface area (TPSA) is 43.1 Å². The number of primary amides is 1. The van der Waals surface area contributed by atoms with Crippen LogP contribution in [0.5, 0.6) is 0 Å². The molecule has 0 saturated carbocycles. The number of carbonyl (C=O) groups is 1. The summed E-state index contributed by atoms with van der Waals surface area (Å²) >= 11 is 0. The molecule has 2 N–H and O–H groups in total. The Hall–Kier alpha value is -1.77. The number of benzene rings is 2. The molecule has 0 saturated heterocycles. The number of halogens is 1. The monoisotopic (exact) mass is 467 g/mol. The van der Waals surface area contributed by atoms with Crippen molar-refractivity contribution < 1.29 is 9.18 Å². The number of allylic oxidation sites excluding steroid dienone is 1. The van der Waals surface area contributed by atoms with Crippen LogP contribution in [-0.4, -0.2) is 28.2 Å². The molecule has 31 heavy (non-hydrogen) atoms. The van der Waals surface area contributed by atoms with Crippen molar-refractivity contribution >= 4 is 44.6 Å². The second-order valence-corrected chi connectivity index (χ2v) is 38.4. The van der Waals surface area contributed by atoms with Gasteiger partial charge in [-0.1, -0.05) is 67.7 Å². The van der Waals surface area contributed by atoms with Crippen molar-refractivity contribution in [3.8, 4) is 11.1 Å². The first-order valence-corrected chi connectivity index (χ1v) is 22.1. The predicted octanol–water partition coefficient (Wildman–Crippen LogP) is 4.88. The Morgan fingerprint density at radius 3 is 2.10 bits per heavy atom. The number of rotatable bonds is 2. The van der Waals surface area contributed by atoms with Crippen LogP contribution in [0.1, 0.15) is 39.5 Å². The van der Waals surface area contributed by atoms with Crippen molar-refractivity contribution in [3.63, 3.8) is 0 Å². The molecule has 2 nitrogen and oxygen atoms in total. The second-order valence-electron chi connectivity index (χ2n) is 11.1. The predicted molar refractivity (Wildman–Crippen MR) is 139 cm³/mol. The molecule has 4 rings (SSSR count). The molecule has 0 spiro atoms. The molecule has 6 heteroatoms. The maximum atomic E-state index is 14.7. The largest absolute Gasteiger partial charge is 0.366 e. The van der Waals surface area contributed by atoms with E-state index in [-0.39, 0.29) is 11.7 Å². The molecule has 2 bridgehead atoms. The van der Waals surface area contributed by atoms with E-state index in [1.54, 1.807) is 6.07 Å². The third kappa shape index (κ3) is 2.67. The van der Waals surface area contributed by atoms with Gasteiger partial charge in [0.05, 0.1) is 15.2 Å². The van der Waals surface area contributed by atoms with Crippen LogP contribution in [0.3, 0.4) is 0 Å². The molecule has 0 fully saturated rings. The third-order valence-corrected chi connectivity index (χ3v) is 50.7. The number of nitrogens with two attached hydrogens (primary N) is 1. The van der Waals surface area contributed by atoms with E-state index >= 15 is 0 Å². The van der Waals surface area contributed by atoms with Gasteiger partial charge >= 0.3 is 0 Å². The molecule has 1 aliphatic carbocycles. The molecular formula is C25H34FNOSi3. The standard InChI is InChI=1S/C25H34FNOSi3/c1-14-12-18-17(10-11-20(26)19(18)13-14)21-15(2)23-16(3)24(22(21)25(27)28)30(6,7)31(8,9)29(23,4)5/h10-12H,13H2,1-9H3,(H2,27,28). The lowest BCUT2D eigenvalue weighted by Crippen LogP contribution is -2.83. The van der Waals surface area contributed by atoms with E-state index in [1.807, 2.05) is 13.0 Å². The fourth-order valence-corrected chi connectivity index (χ4v) is 40.3. The zero-order valence-electron chi connectivity index (χ0n) is 20.3. The lowest BCUT2D eigenvalue weighted by molar-refractivity contribution is 0.100. The van der Waals surface area contributed by atoms with Crippen molar-refractivity contribution in [2.45, 2.75) is 66.5 Å². The van der Waals surface area contributed by atoms with Crippen molar-refractivity contribution in [3.05, 3.63) is 51.3 Å². The van der Waals surface area contributed by atoms with Gasteiger partial charge in [-0.15, -0.1) is 0 Å². The highest BCUT2D eigenvalue weighted by Crippen LogP contribution is 2.42. The fourth-order valence-electron chi connectivity index (χ4n) is 6.52. The number of carbonyl (C=O) groups excluding carboxylic acids is 1. The lowest BCUT2D eigenvalue weighted by Gasteiger charge is -2.55. The highest BCUT2D eigenvalue weighted by Gasteiger charge is 2.59. The molecule has 1 heterocycles. The first kappa shape index (κ1) is 22.4. The molecule has 164 valence electrons. The fraction of sp³-hybridized carbons (Fsp3) is 0.400. The molecule has 2 aromatic carbocycles. The van der Waals surface area contributed by atoms with E-state index in [1.165, 1.54) is 21.5 Å². The van der Waals surface area contributed by atoms with Gasteiger partial charge in [-0.2, -0.15) is 0 Å². The van der Waals surface area contributed by atoms with Crippen LogP contribution in [0, 0.1) is 19.7 Å². The summed E-state index contributed by atoms with van der Waals surface area (Å²) in [5.41, 5.74) is 14.1. The van der Waals surface area contributed by atoms with Crippen molar-refractivity contribution in [2.24, 2.45) is 5.73 Å². The molecule has 1 amide bonds. The second kappa shape index (κ2) is 6.62. The summed E-state index contributed by atoms with van der Waals surface area (Å²) in [6, 6.07) is 3.44. The Balaban J connectivity index is 2.24. The summed E-state index contributed by atoms with van der Waals surface area (Å²) in [7, 11) is -5.30. The Labute approximate surface area is 188 Å². The molecule has 0 aromatic heterocycles. The Kier molecular flexibility index (Phi) is 4.79.